The minimum atomic E-state index is 0.666. The van der Waals surface area contributed by atoms with E-state index in [9.17, 15) is 0 Å². The maximum absolute atomic E-state index is 5.40. The zero-order valence-corrected chi connectivity index (χ0v) is 13.1. The minimum Gasteiger partial charge on any atom is -0.496 e. The second-order valence-corrected chi connectivity index (χ2v) is 4.89. The molecule has 0 bridgehead atoms. The lowest BCUT2D eigenvalue weighted by molar-refractivity contribution is 0.409. The van der Waals surface area contributed by atoms with Crippen molar-refractivity contribution in [2.75, 3.05) is 30.9 Å². The number of hydrogen-bond acceptors (Lipinski definition) is 5. The van der Waals surface area contributed by atoms with Crippen LogP contribution < -0.4 is 15.0 Å². The van der Waals surface area contributed by atoms with Gasteiger partial charge in [0, 0.05) is 37.5 Å². The third-order valence-electron chi connectivity index (χ3n) is 3.17. The van der Waals surface area contributed by atoms with Crippen LogP contribution in [0.5, 0.6) is 5.75 Å². The van der Waals surface area contributed by atoms with E-state index in [4.69, 9.17) is 4.74 Å². The highest BCUT2D eigenvalue weighted by Gasteiger charge is 2.09. The molecule has 112 valence electrons. The lowest BCUT2D eigenvalue weighted by Gasteiger charge is -2.20. The van der Waals surface area contributed by atoms with E-state index in [0.717, 1.165) is 35.9 Å². The summed E-state index contributed by atoms with van der Waals surface area (Å²) in [5, 5.41) is 3.16. The largest absolute Gasteiger partial charge is 0.496 e. The highest BCUT2D eigenvalue weighted by Crippen LogP contribution is 2.22. The molecule has 0 aliphatic rings. The van der Waals surface area contributed by atoms with Crippen molar-refractivity contribution in [2.45, 2.75) is 20.4 Å². The Morgan fingerprint density at radius 2 is 2.00 bits per heavy atom. The van der Waals surface area contributed by atoms with E-state index in [1.165, 1.54) is 0 Å². The number of para-hydroxylation sites is 1. The molecule has 0 fully saturated rings. The Hall–Kier alpha value is -2.30. The molecule has 5 heteroatoms. The summed E-state index contributed by atoms with van der Waals surface area (Å²) in [5.41, 5.74) is 2.08. The van der Waals surface area contributed by atoms with Crippen molar-refractivity contribution in [2.24, 2.45) is 0 Å². The first kappa shape index (κ1) is 15.1. The quantitative estimate of drug-likeness (QED) is 0.885. The van der Waals surface area contributed by atoms with Gasteiger partial charge < -0.3 is 15.0 Å². The van der Waals surface area contributed by atoms with Crippen LogP contribution in [-0.4, -0.2) is 30.7 Å². The van der Waals surface area contributed by atoms with E-state index in [1.807, 2.05) is 45.2 Å². The Labute approximate surface area is 126 Å². The third kappa shape index (κ3) is 3.84. The summed E-state index contributed by atoms with van der Waals surface area (Å²) in [5.74, 6) is 2.45. The molecule has 5 nitrogen and oxygen atoms in total. The van der Waals surface area contributed by atoms with E-state index < -0.39 is 0 Å². The Balaban J connectivity index is 2.21. The molecule has 2 rings (SSSR count). The second-order valence-electron chi connectivity index (χ2n) is 4.89. The maximum atomic E-state index is 5.40. The number of methoxy groups -OCH3 is 1. The number of rotatable bonds is 6. The van der Waals surface area contributed by atoms with Crippen LogP contribution in [0, 0.1) is 6.92 Å². The van der Waals surface area contributed by atoms with E-state index >= 15 is 0 Å². The zero-order valence-electron chi connectivity index (χ0n) is 13.1. The van der Waals surface area contributed by atoms with Crippen LogP contribution in [0.1, 0.15) is 18.2 Å². The summed E-state index contributed by atoms with van der Waals surface area (Å²) < 4.78 is 5.40. The smallest absolute Gasteiger partial charge is 0.224 e. The Kier molecular flexibility index (Phi) is 4.98. The number of aryl methyl sites for hydroxylation is 1. The van der Waals surface area contributed by atoms with Crippen LogP contribution in [0.15, 0.2) is 30.3 Å². The number of anilines is 2. The highest BCUT2D eigenvalue weighted by molar-refractivity contribution is 5.46. The first-order valence-electron chi connectivity index (χ1n) is 7.06. The second kappa shape index (κ2) is 6.92. The number of nitrogens with one attached hydrogen (secondary N) is 1. The highest BCUT2D eigenvalue weighted by atomic mass is 16.5. The summed E-state index contributed by atoms with van der Waals surface area (Å²) in [4.78, 5) is 11.0. The van der Waals surface area contributed by atoms with Gasteiger partial charge in [-0.3, -0.25) is 0 Å². The summed E-state index contributed by atoms with van der Waals surface area (Å²) >= 11 is 0. The first-order valence-corrected chi connectivity index (χ1v) is 7.06. The molecule has 0 saturated heterocycles. The summed E-state index contributed by atoms with van der Waals surface area (Å²) in [6.07, 6.45) is 0. The molecule has 0 aliphatic heterocycles. The fourth-order valence-electron chi connectivity index (χ4n) is 2.15. The van der Waals surface area contributed by atoms with Crippen LogP contribution in [0.3, 0.4) is 0 Å². The number of nitrogens with zero attached hydrogens (tertiary/aromatic N) is 3. The molecule has 1 N–H and O–H groups in total. The predicted octanol–water partition coefficient (Wildman–Crippen LogP) is 2.86. The van der Waals surface area contributed by atoms with Gasteiger partial charge in [-0.25, -0.2) is 4.98 Å². The molecular weight excluding hydrogens is 264 g/mol. The van der Waals surface area contributed by atoms with Crippen LogP contribution in [0.2, 0.25) is 0 Å². The van der Waals surface area contributed by atoms with Gasteiger partial charge in [0.05, 0.1) is 7.11 Å². The first-order chi connectivity index (χ1) is 10.1. The topological polar surface area (TPSA) is 50.3 Å². The number of aromatic nitrogens is 2. The molecule has 0 spiro atoms. The molecular formula is C16H22N4O. The number of ether oxygens (including phenoxy) is 1. The third-order valence-corrected chi connectivity index (χ3v) is 3.17. The molecule has 0 saturated carbocycles. The van der Waals surface area contributed by atoms with Gasteiger partial charge >= 0.3 is 0 Å². The predicted molar refractivity (Wildman–Crippen MR) is 86.0 cm³/mol. The molecule has 0 atom stereocenters. The van der Waals surface area contributed by atoms with Gasteiger partial charge in [-0.2, -0.15) is 4.98 Å². The molecule has 1 aromatic heterocycles. The number of hydrogen-bond donors (Lipinski definition) is 1. The molecule has 0 aliphatic carbocycles. The number of benzene rings is 1. The van der Waals surface area contributed by atoms with E-state index in [1.54, 1.807) is 7.11 Å². The van der Waals surface area contributed by atoms with Crippen LogP contribution in [0.25, 0.3) is 0 Å². The average molecular weight is 286 g/mol. The molecule has 0 radical (unpaired) electrons. The molecule has 1 heterocycles. The van der Waals surface area contributed by atoms with Gasteiger partial charge in [0.25, 0.3) is 0 Å². The van der Waals surface area contributed by atoms with Crippen molar-refractivity contribution in [3.8, 4) is 5.75 Å². The Bertz CT molecular complexity index is 601. The summed E-state index contributed by atoms with van der Waals surface area (Å²) in [6, 6.07) is 10.0. The van der Waals surface area contributed by atoms with Crippen molar-refractivity contribution in [1.29, 1.82) is 0 Å². The summed E-state index contributed by atoms with van der Waals surface area (Å²) in [6.45, 7) is 5.54. The molecule has 2 aromatic rings. The normalized spacial score (nSPS) is 10.3. The average Bonchev–Trinajstić information content (AvgIpc) is 2.47. The van der Waals surface area contributed by atoms with Crippen LogP contribution in [-0.2, 0) is 6.54 Å². The lowest BCUT2D eigenvalue weighted by Crippen LogP contribution is -2.19. The SMILES string of the molecule is CCNc1nc(C)cc(N(C)Cc2ccccc2OC)n1. The lowest BCUT2D eigenvalue weighted by atomic mass is 10.2. The van der Waals surface area contributed by atoms with Crippen molar-refractivity contribution in [1.82, 2.24) is 9.97 Å². The monoisotopic (exact) mass is 286 g/mol. The minimum absolute atomic E-state index is 0.666. The molecule has 1 aromatic carbocycles. The fraction of sp³-hybridized carbons (Fsp3) is 0.375. The van der Waals surface area contributed by atoms with Crippen molar-refractivity contribution in [3.05, 3.63) is 41.6 Å². The van der Waals surface area contributed by atoms with Crippen molar-refractivity contribution < 1.29 is 4.74 Å². The van der Waals surface area contributed by atoms with E-state index in [2.05, 4.69) is 26.3 Å². The van der Waals surface area contributed by atoms with Gasteiger partial charge in [0.1, 0.15) is 11.6 Å². The fourth-order valence-corrected chi connectivity index (χ4v) is 2.15. The Morgan fingerprint density at radius 3 is 2.71 bits per heavy atom. The van der Waals surface area contributed by atoms with Crippen molar-refractivity contribution in [3.63, 3.8) is 0 Å². The Morgan fingerprint density at radius 1 is 1.24 bits per heavy atom. The van der Waals surface area contributed by atoms with Gasteiger partial charge in [-0.05, 0) is 19.9 Å². The van der Waals surface area contributed by atoms with Crippen LogP contribution in [0.4, 0.5) is 11.8 Å². The van der Waals surface area contributed by atoms with Crippen LogP contribution >= 0.6 is 0 Å². The van der Waals surface area contributed by atoms with Crippen molar-refractivity contribution >= 4 is 11.8 Å². The maximum Gasteiger partial charge on any atom is 0.224 e. The van der Waals surface area contributed by atoms with Gasteiger partial charge in [-0.15, -0.1) is 0 Å². The summed E-state index contributed by atoms with van der Waals surface area (Å²) in [7, 11) is 3.71. The molecule has 0 unspecified atom stereocenters. The standard InChI is InChI=1S/C16H22N4O/c1-5-17-16-18-12(2)10-15(19-16)20(3)11-13-8-6-7-9-14(13)21-4/h6-10H,5,11H2,1-4H3,(H,17,18,19). The molecule has 0 amide bonds. The zero-order chi connectivity index (χ0) is 15.2. The molecule has 21 heavy (non-hydrogen) atoms. The van der Waals surface area contributed by atoms with Gasteiger partial charge in [0.15, 0.2) is 0 Å². The van der Waals surface area contributed by atoms with E-state index in [-0.39, 0.29) is 0 Å². The van der Waals surface area contributed by atoms with E-state index in [0.29, 0.717) is 5.95 Å². The van der Waals surface area contributed by atoms with Gasteiger partial charge in [-0.1, -0.05) is 18.2 Å². The van der Waals surface area contributed by atoms with Gasteiger partial charge in [0.2, 0.25) is 5.95 Å².